The molecule has 0 amide bonds. The van der Waals surface area contributed by atoms with E-state index in [2.05, 4.69) is 25.3 Å². The topological polar surface area (TPSA) is 0 Å². The monoisotopic (exact) mass is 161 g/mol. The van der Waals surface area contributed by atoms with Gasteiger partial charge in [0.25, 0.3) is 0 Å². The number of rotatable bonds is 0. The molecule has 0 radical (unpaired) electrons. The lowest BCUT2D eigenvalue weighted by atomic mass is 12.0. The molecule has 2 heteroatoms. The molecule has 0 aromatic heterocycles. The Labute approximate surface area is 69.4 Å². The molecule has 0 aliphatic carbocycles. The van der Waals surface area contributed by atoms with Crippen molar-refractivity contribution in [3.05, 3.63) is 0 Å². The van der Waals surface area contributed by atoms with E-state index in [4.69, 9.17) is 0 Å². The van der Waals surface area contributed by atoms with Crippen molar-refractivity contribution in [2.75, 3.05) is 12.5 Å². The maximum absolute atomic E-state index is 3.53. The van der Waals surface area contributed by atoms with Gasteiger partial charge in [0.1, 0.15) is 0 Å². The van der Waals surface area contributed by atoms with Crippen molar-refractivity contribution in [2.45, 2.75) is 29.7 Å². The first-order valence-corrected chi connectivity index (χ1v) is 2.68. The van der Waals surface area contributed by atoms with Crippen LogP contribution in [0.2, 0.25) is 0 Å². The van der Waals surface area contributed by atoms with Crippen molar-refractivity contribution in [3.8, 4) is 0 Å². The van der Waals surface area contributed by atoms with Crippen LogP contribution >= 0.6 is 25.3 Å². The van der Waals surface area contributed by atoms with Crippen molar-refractivity contribution in [2.24, 2.45) is 0 Å². The first-order valence-electron chi connectivity index (χ1n) is 0.894. The Morgan fingerprint density at radius 2 is 0.625 bits per heavy atom. The smallest absolute Gasteiger partial charge is 0.183 e. The van der Waals surface area contributed by atoms with E-state index in [9.17, 15) is 0 Å². The lowest BCUT2D eigenvalue weighted by Gasteiger charge is -1.11. The van der Waals surface area contributed by atoms with Crippen LogP contribution in [0, 0.1) is 0 Å². The third-order valence-electron chi connectivity index (χ3n) is 0. The highest BCUT2D eigenvalue weighted by molar-refractivity contribution is 7.79. The molecule has 0 rings (SSSR count). The highest BCUT2D eigenvalue weighted by Crippen LogP contribution is 1.31. The molecule has 60 valence electrons. The van der Waals surface area contributed by atoms with Crippen LogP contribution in [0.1, 0.15) is 31.1 Å². The zero-order valence-corrected chi connectivity index (χ0v) is 4.68. The lowest BCUT2D eigenvalue weighted by molar-refractivity contribution is 2.50. The summed E-state index contributed by atoms with van der Waals surface area (Å²) in [5, 5.41) is 0. The molecule has 0 unspecified atom stereocenters. The van der Waals surface area contributed by atoms with Gasteiger partial charge in [0.05, 0.1) is 0 Å². The van der Waals surface area contributed by atoms with Crippen molar-refractivity contribution in [1.29, 1.82) is 0 Å². The fourth-order valence-corrected chi connectivity index (χ4v) is 0. The van der Waals surface area contributed by atoms with Crippen LogP contribution in [0.3, 0.4) is 0 Å². The maximum Gasteiger partial charge on any atom is 1.00 e. The van der Waals surface area contributed by atoms with Crippen molar-refractivity contribution < 1.29 is 1.43 Å². The number of hydrogen-bond acceptors (Lipinski definition) is 2. The van der Waals surface area contributed by atoms with E-state index in [1.54, 1.807) is 12.5 Å². The van der Waals surface area contributed by atoms with Gasteiger partial charge in [-0.05, 0) is 12.5 Å². The third-order valence-corrected chi connectivity index (χ3v) is 0. The summed E-state index contributed by atoms with van der Waals surface area (Å²) in [7, 11) is 0. The van der Waals surface area contributed by atoms with E-state index in [-0.39, 0.29) is 31.1 Å². The van der Waals surface area contributed by atoms with Gasteiger partial charge in [0, 0.05) is 0 Å². The van der Waals surface area contributed by atoms with E-state index in [0.29, 0.717) is 0 Å². The summed E-state index contributed by atoms with van der Waals surface area (Å²) in [6.07, 6.45) is 3.39. The van der Waals surface area contributed by atoms with Crippen LogP contribution in [0.15, 0.2) is 0 Å². The van der Waals surface area contributed by atoms with Gasteiger partial charge in [-0.3, -0.25) is 0 Å². The zero-order chi connectivity index (χ0) is 4.00. The Morgan fingerprint density at radius 3 is 0.625 bits per heavy atom. The summed E-state index contributed by atoms with van der Waals surface area (Å²) in [5.41, 5.74) is 0. The van der Waals surface area contributed by atoms with Gasteiger partial charge in [0.2, 0.25) is 0 Å². The van der Waals surface area contributed by atoms with E-state index in [1.807, 2.05) is 0 Å². The van der Waals surface area contributed by atoms with E-state index >= 15 is 0 Å². The van der Waals surface area contributed by atoms with Gasteiger partial charge >= 0.3 is 1.43 Å². The Morgan fingerprint density at radius 1 is 0.625 bits per heavy atom. The van der Waals surface area contributed by atoms with Crippen molar-refractivity contribution in [1.82, 2.24) is 0 Å². The Bertz CT molecular complexity index is 11.0. The zero-order valence-electron chi connectivity index (χ0n) is 3.89. The van der Waals surface area contributed by atoms with E-state index in [1.165, 1.54) is 0 Å². The molecule has 0 aromatic carbocycles. The summed E-state index contributed by atoms with van der Waals surface area (Å²) in [5.74, 6) is 0. The minimum absolute atomic E-state index is 0. The van der Waals surface area contributed by atoms with Gasteiger partial charge in [-0.15, -0.1) is 0 Å². The predicted octanol–water partition coefficient (Wildman–Crippen LogP) is 3.75. The first-order chi connectivity index (χ1) is 2.00. The predicted molar refractivity (Wildman–Crippen MR) is 57.9 cm³/mol. The van der Waals surface area contributed by atoms with Crippen LogP contribution in [0.4, 0.5) is 0 Å². The lowest BCUT2D eigenvalue weighted by Crippen LogP contribution is -0.865. The summed E-state index contributed by atoms with van der Waals surface area (Å²) in [6, 6.07) is 0. The van der Waals surface area contributed by atoms with E-state index < -0.39 is 0 Å². The molecule has 0 fully saturated rings. The van der Waals surface area contributed by atoms with Crippen molar-refractivity contribution in [3.63, 3.8) is 0 Å². The quantitative estimate of drug-likeness (QED) is 0.497. The van der Waals surface area contributed by atoms with Gasteiger partial charge in [-0.25, -0.2) is 0 Å². The fourth-order valence-electron chi connectivity index (χ4n) is 0. The molecule has 0 bridgehead atoms. The van der Waals surface area contributed by atoms with Gasteiger partial charge in [-0.2, -0.15) is 25.3 Å². The molecule has 8 heavy (non-hydrogen) atoms. The van der Waals surface area contributed by atoms with Crippen LogP contribution < -0.4 is 0 Å². The average molecular weight is 161 g/mol. The van der Waals surface area contributed by atoms with Gasteiger partial charge < -0.3 is 0 Å². The minimum Gasteiger partial charge on any atom is -0.183 e. The second-order valence-corrected chi connectivity index (χ2v) is 0. The van der Waals surface area contributed by atoms with Crippen LogP contribution in [0.5, 0.6) is 0 Å². The third kappa shape index (κ3) is 444. The second-order valence-electron chi connectivity index (χ2n) is 0. The second kappa shape index (κ2) is 705. The normalized spacial score (nSPS) is 1.50. The average Bonchev–Trinajstić information content (AvgIpc) is 1.50. The van der Waals surface area contributed by atoms with Crippen LogP contribution in [-0.4, -0.2) is 12.5 Å². The number of thiol groups is 2. The molecule has 0 N–H and O–H groups in total. The summed E-state index contributed by atoms with van der Waals surface area (Å²) in [4.78, 5) is 0. The molecule has 0 spiro atoms. The molecule has 0 atom stereocenters. The molecule has 0 aliphatic rings. The fraction of sp³-hybridized carbons (Fsp3) is 1.00. The Balaban J connectivity index is -0.00000000114. The van der Waals surface area contributed by atoms with Crippen LogP contribution in [0.25, 0.3) is 0 Å². The first kappa shape index (κ1) is 70.8. The SMILES string of the molecule is C.C.C.C.CS.CS.[H+]. The molecule has 0 saturated heterocycles. The minimum atomic E-state index is 0. The molecule has 0 heterocycles. The van der Waals surface area contributed by atoms with Crippen LogP contribution in [-0.2, 0) is 0 Å². The van der Waals surface area contributed by atoms with Gasteiger partial charge in [-0.1, -0.05) is 29.7 Å². The standard InChI is InChI=1S/2CH4S.4CH4/c2*1-2;;;;/h2*2H,1H3;4*1H4/p+1. The highest BCUT2D eigenvalue weighted by atomic mass is 32.1. The van der Waals surface area contributed by atoms with Gasteiger partial charge in [0.15, 0.2) is 0 Å². The highest BCUT2D eigenvalue weighted by Gasteiger charge is 0.903. The molecular formula is C6H25S2+. The summed E-state index contributed by atoms with van der Waals surface area (Å²) in [6.45, 7) is 0. The summed E-state index contributed by atoms with van der Waals surface area (Å²) >= 11 is 7.06. The molecule has 0 aromatic rings. The largest absolute Gasteiger partial charge is 1.00 e. The van der Waals surface area contributed by atoms with Crippen molar-refractivity contribution >= 4 is 25.3 Å². The molecule has 0 nitrogen and oxygen atoms in total. The molecular weight excluding hydrogens is 136 g/mol. The summed E-state index contributed by atoms with van der Waals surface area (Å²) < 4.78 is 0. The number of hydrogen-bond donors (Lipinski definition) is 2. The molecule has 0 aliphatic heterocycles. The Kier molecular flexibility index (Phi) is 6240. The molecule has 0 saturated carbocycles. The maximum atomic E-state index is 3.53. The Hall–Kier alpha value is 0.700. The van der Waals surface area contributed by atoms with E-state index in [0.717, 1.165) is 0 Å².